The topological polar surface area (TPSA) is 103 Å². The lowest BCUT2D eigenvalue weighted by atomic mass is 9.91. The van der Waals surface area contributed by atoms with Gasteiger partial charge >= 0.3 is 0 Å². The van der Waals surface area contributed by atoms with Crippen LogP contribution in [0, 0.1) is 12.8 Å². The summed E-state index contributed by atoms with van der Waals surface area (Å²) in [7, 11) is 0. The lowest BCUT2D eigenvalue weighted by Crippen LogP contribution is -2.36. The minimum Gasteiger partial charge on any atom is -0.381 e. The zero-order valence-corrected chi connectivity index (χ0v) is 14.7. The minimum absolute atomic E-state index is 0.160. The van der Waals surface area contributed by atoms with Crippen molar-refractivity contribution in [2.45, 2.75) is 45.6 Å². The maximum Gasteiger partial charge on any atom is 0.255 e. The first-order valence-electron chi connectivity index (χ1n) is 8.55. The highest BCUT2D eigenvalue weighted by molar-refractivity contribution is 5.95. The van der Waals surface area contributed by atoms with Gasteiger partial charge in [-0.15, -0.1) is 0 Å². The first kappa shape index (κ1) is 17.5. The Morgan fingerprint density at radius 2 is 2.08 bits per heavy atom. The quantitative estimate of drug-likeness (QED) is 0.886. The molecule has 0 bridgehead atoms. The van der Waals surface area contributed by atoms with Crippen molar-refractivity contribution in [2.24, 2.45) is 5.92 Å². The van der Waals surface area contributed by atoms with E-state index in [1.807, 2.05) is 13.8 Å². The average Bonchev–Trinajstić information content (AvgIpc) is 3.11. The largest absolute Gasteiger partial charge is 0.381 e. The summed E-state index contributed by atoms with van der Waals surface area (Å²) in [5, 5.41) is 7.08. The van der Waals surface area contributed by atoms with Crippen LogP contribution in [0.1, 0.15) is 66.4 Å². The third-order valence-corrected chi connectivity index (χ3v) is 4.42. The summed E-state index contributed by atoms with van der Waals surface area (Å²) < 4.78 is 10.9. The van der Waals surface area contributed by atoms with Gasteiger partial charge in [0.25, 0.3) is 5.91 Å². The molecular formula is C17H23N5O3. The second-order valence-electron chi connectivity index (χ2n) is 6.57. The van der Waals surface area contributed by atoms with E-state index in [4.69, 9.17) is 9.26 Å². The zero-order valence-electron chi connectivity index (χ0n) is 14.7. The van der Waals surface area contributed by atoms with Gasteiger partial charge in [0.2, 0.25) is 5.89 Å². The Morgan fingerprint density at radius 3 is 2.72 bits per heavy atom. The van der Waals surface area contributed by atoms with Crippen LogP contribution in [0.15, 0.2) is 17.0 Å². The highest BCUT2D eigenvalue weighted by atomic mass is 16.5. The van der Waals surface area contributed by atoms with Gasteiger partial charge in [0.1, 0.15) is 12.4 Å². The van der Waals surface area contributed by atoms with Crippen LogP contribution in [0.3, 0.4) is 0 Å². The predicted molar refractivity (Wildman–Crippen MR) is 88.9 cm³/mol. The van der Waals surface area contributed by atoms with Gasteiger partial charge in [-0.3, -0.25) is 4.79 Å². The number of ether oxygens (including phenoxy) is 1. The van der Waals surface area contributed by atoms with E-state index in [2.05, 4.69) is 25.4 Å². The van der Waals surface area contributed by atoms with Crippen molar-refractivity contribution in [3.63, 3.8) is 0 Å². The maximum absolute atomic E-state index is 12.7. The monoisotopic (exact) mass is 345 g/mol. The van der Waals surface area contributed by atoms with E-state index in [0.29, 0.717) is 36.2 Å². The summed E-state index contributed by atoms with van der Waals surface area (Å²) in [6.45, 7) is 7.11. The summed E-state index contributed by atoms with van der Waals surface area (Å²) in [5.41, 5.74) is 1.08. The molecule has 0 aliphatic carbocycles. The Morgan fingerprint density at radius 1 is 1.32 bits per heavy atom. The number of rotatable bonds is 5. The molecule has 1 aliphatic heterocycles. The minimum atomic E-state index is -0.351. The number of carbonyl (C=O) groups excluding carboxylic acids is 1. The van der Waals surface area contributed by atoms with Crippen LogP contribution in [-0.4, -0.2) is 39.2 Å². The van der Waals surface area contributed by atoms with Crippen molar-refractivity contribution in [3.05, 3.63) is 35.5 Å². The van der Waals surface area contributed by atoms with Gasteiger partial charge in [-0.2, -0.15) is 4.98 Å². The van der Waals surface area contributed by atoms with Crippen molar-refractivity contribution in [2.75, 3.05) is 13.2 Å². The molecular weight excluding hydrogens is 322 g/mol. The van der Waals surface area contributed by atoms with Gasteiger partial charge in [-0.05, 0) is 25.7 Å². The van der Waals surface area contributed by atoms with Crippen LogP contribution in [0.25, 0.3) is 0 Å². The standard InChI is InChI=1S/C17H23N5O3/c1-10(2)15-21-17(25-22-15)14(12-4-6-24-7-5-12)20-16(23)13-8-18-9-19-11(13)3/h8-10,12,14H,4-7H2,1-3H3,(H,20,23)/t14-/m0/s1. The van der Waals surface area contributed by atoms with Crippen molar-refractivity contribution in [1.82, 2.24) is 25.4 Å². The molecule has 25 heavy (non-hydrogen) atoms. The number of hydrogen-bond acceptors (Lipinski definition) is 7. The van der Waals surface area contributed by atoms with Gasteiger partial charge in [-0.25, -0.2) is 9.97 Å². The van der Waals surface area contributed by atoms with Crippen molar-refractivity contribution >= 4 is 5.91 Å². The summed E-state index contributed by atoms with van der Waals surface area (Å²) in [6.07, 6.45) is 4.60. The van der Waals surface area contributed by atoms with E-state index in [1.165, 1.54) is 12.5 Å². The van der Waals surface area contributed by atoms with E-state index in [0.717, 1.165) is 12.8 Å². The summed E-state index contributed by atoms with van der Waals surface area (Å²) in [4.78, 5) is 25.2. The second-order valence-corrected chi connectivity index (χ2v) is 6.57. The van der Waals surface area contributed by atoms with Gasteiger partial charge < -0.3 is 14.6 Å². The Bertz CT molecular complexity index is 725. The van der Waals surface area contributed by atoms with Crippen LogP contribution in [-0.2, 0) is 4.74 Å². The molecule has 0 spiro atoms. The number of carbonyl (C=O) groups is 1. The SMILES string of the molecule is Cc1ncncc1C(=O)N[C@H](c1nc(C(C)C)no1)C1CCOCC1. The molecule has 3 heterocycles. The van der Waals surface area contributed by atoms with E-state index in [-0.39, 0.29) is 23.8 Å². The molecule has 1 fully saturated rings. The van der Waals surface area contributed by atoms with Gasteiger partial charge in [0.15, 0.2) is 5.82 Å². The number of aromatic nitrogens is 4. The van der Waals surface area contributed by atoms with Gasteiger partial charge in [0.05, 0.1) is 11.3 Å². The molecule has 0 unspecified atom stereocenters. The lowest BCUT2D eigenvalue weighted by molar-refractivity contribution is 0.0467. The molecule has 134 valence electrons. The fourth-order valence-electron chi connectivity index (χ4n) is 2.87. The molecule has 1 saturated heterocycles. The Hall–Kier alpha value is -2.35. The van der Waals surface area contributed by atoms with E-state index >= 15 is 0 Å². The first-order chi connectivity index (χ1) is 12.1. The van der Waals surface area contributed by atoms with Crippen LogP contribution >= 0.6 is 0 Å². The molecule has 8 heteroatoms. The Labute approximate surface area is 146 Å². The fourth-order valence-corrected chi connectivity index (χ4v) is 2.87. The van der Waals surface area contributed by atoms with Crippen molar-refractivity contribution in [3.8, 4) is 0 Å². The molecule has 1 amide bonds. The summed E-state index contributed by atoms with van der Waals surface area (Å²) in [6, 6.07) is -0.351. The fraction of sp³-hybridized carbons (Fsp3) is 0.588. The molecule has 1 atom stereocenters. The molecule has 1 aliphatic rings. The number of hydrogen-bond donors (Lipinski definition) is 1. The second kappa shape index (κ2) is 7.69. The Balaban J connectivity index is 1.85. The number of nitrogens with zero attached hydrogens (tertiary/aromatic N) is 4. The normalized spacial score (nSPS) is 16.8. The third-order valence-electron chi connectivity index (χ3n) is 4.42. The van der Waals surface area contributed by atoms with Crippen LogP contribution in [0.2, 0.25) is 0 Å². The Kier molecular flexibility index (Phi) is 5.37. The lowest BCUT2D eigenvalue weighted by Gasteiger charge is -2.28. The number of amides is 1. The molecule has 1 N–H and O–H groups in total. The molecule has 2 aromatic heterocycles. The first-order valence-corrected chi connectivity index (χ1v) is 8.55. The average molecular weight is 345 g/mol. The third kappa shape index (κ3) is 4.01. The van der Waals surface area contributed by atoms with Crippen LogP contribution in [0.5, 0.6) is 0 Å². The molecule has 2 aromatic rings. The highest BCUT2D eigenvalue weighted by Crippen LogP contribution is 2.30. The molecule has 0 radical (unpaired) electrons. The molecule has 0 aromatic carbocycles. The van der Waals surface area contributed by atoms with E-state index < -0.39 is 0 Å². The highest BCUT2D eigenvalue weighted by Gasteiger charge is 2.32. The van der Waals surface area contributed by atoms with Gasteiger partial charge in [-0.1, -0.05) is 19.0 Å². The van der Waals surface area contributed by atoms with Crippen LogP contribution in [0.4, 0.5) is 0 Å². The maximum atomic E-state index is 12.7. The van der Waals surface area contributed by atoms with E-state index in [1.54, 1.807) is 6.92 Å². The van der Waals surface area contributed by atoms with Crippen molar-refractivity contribution in [1.29, 1.82) is 0 Å². The number of aryl methyl sites for hydroxylation is 1. The number of nitrogens with one attached hydrogen (secondary N) is 1. The van der Waals surface area contributed by atoms with E-state index in [9.17, 15) is 4.79 Å². The molecule has 8 nitrogen and oxygen atoms in total. The molecule has 0 saturated carbocycles. The summed E-state index contributed by atoms with van der Waals surface area (Å²) in [5.74, 6) is 1.19. The van der Waals surface area contributed by atoms with Crippen molar-refractivity contribution < 1.29 is 14.1 Å². The summed E-state index contributed by atoms with van der Waals surface area (Å²) >= 11 is 0. The zero-order chi connectivity index (χ0) is 17.8. The van der Waals surface area contributed by atoms with Crippen LogP contribution < -0.4 is 5.32 Å². The smallest absolute Gasteiger partial charge is 0.255 e. The van der Waals surface area contributed by atoms with Gasteiger partial charge in [0, 0.05) is 25.3 Å². The predicted octanol–water partition coefficient (Wildman–Crippen LogP) is 2.19. The molecule has 3 rings (SSSR count).